The van der Waals surface area contributed by atoms with E-state index in [-0.39, 0.29) is 22.6 Å². The molecule has 1 aliphatic rings. The Hall–Kier alpha value is -4.12. The Bertz CT molecular complexity index is 1370. The molecular formula is C26H20F4N2O4S. The van der Waals surface area contributed by atoms with Crippen molar-refractivity contribution in [3.63, 3.8) is 0 Å². The fraction of sp³-hybridized carbons (Fsp3) is 0.154. The molecule has 11 heteroatoms. The largest absolute Gasteiger partial charge is 0.496 e. The summed E-state index contributed by atoms with van der Waals surface area (Å²) in [6.07, 6.45) is 1.52. The number of amides is 1. The molecule has 0 saturated carbocycles. The number of halogens is 4. The highest BCUT2D eigenvalue weighted by Gasteiger charge is 2.32. The van der Waals surface area contributed by atoms with Crippen LogP contribution in [0.25, 0.3) is 6.08 Å². The number of nitrogens with one attached hydrogen (secondary N) is 1. The van der Waals surface area contributed by atoms with E-state index in [0.29, 0.717) is 29.2 Å². The molecule has 0 aliphatic carbocycles. The lowest BCUT2D eigenvalue weighted by molar-refractivity contribution is -0.113. The van der Waals surface area contributed by atoms with Crippen LogP contribution in [0, 0.1) is 23.3 Å². The van der Waals surface area contributed by atoms with Crippen LogP contribution in [0.2, 0.25) is 0 Å². The van der Waals surface area contributed by atoms with Crippen molar-refractivity contribution in [3.05, 3.63) is 88.6 Å². The molecule has 0 spiro atoms. The van der Waals surface area contributed by atoms with Gasteiger partial charge in [-0.3, -0.25) is 9.69 Å². The van der Waals surface area contributed by atoms with Crippen LogP contribution in [-0.2, 0) is 11.4 Å². The molecule has 0 unspecified atom stereocenters. The molecule has 0 radical (unpaired) electrons. The quantitative estimate of drug-likeness (QED) is 0.179. The summed E-state index contributed by atoms with van der Waals surface area (Å²) in [5, 5.41) is 3.04. The summed E-state index contributed by atoms with van der Waals surface area (Å²) < 4.78 is 70.7. The van der Waals surface area contributed by atoms with Gasteiger partial charge in [-0.25, -0.2) is 8.78 Å². The zero-order valence-electron chi connectivity index (χ0n) is 19.6. The Kier molecular flexibility index (Phi) is 7.63. The average Bonchev–Trinajstić information content (AvgIpc) is 3.16. The minimum Gasteiger partial charge on any atom is -0.496 e. The summed E-state index contributed by atoms with van der Waals surface area (Å²) in [6.45, 7) is 1.89. The van der Waals surface area contributed by atoms with Crippen LogP contribution >= 0.6 is 12.2 Å². The van der Waals surface area contributed by atoms with E-state index in [9.17, 15) is 22.4 Å². The minimum atomic E-state index is -1.65. The van der Waals surface area contributed by atoms with Crippen LogP contribution in [0.3, 0.4) is 0 Å². The van der Waals surface area contributed by atoms with Gasteiger partial charge < -0.3 is 19.5 Å². The number of ether oxygens (including phenoxy) is 3. The number of rotatable bonds is 8. The normalized spacial score (nSPS) is 14.2. The van der Waals surface area contributed by atoms with Crippen molar-refractivity contribution in [3.8, 4) is 17.2 Å². The third-order valence-electron chi connectivity index (χ3n) is 5.34. The molecule has 1 N–H and O–H groups in total. The van der Waals surface area contributed by atoms with Gasteiger partial charge >= 0.3 is 0 Å². The van der Waals surface area contributed by atoms with E-state index in [0.717, 1.165) is 0 Å². The molecule has 1 amide bonds. The van der Waals surface area contributed by atoms with Crippen molar-refractivity contribution in [1.82, 2.24) is 5.32 Å². The molecule has 1 fully saturated rings. The van der Waals surface area contributed by atoms with Crippen LogP contribution in [0.4, 0.5) is 23.2 Å². The topological polar surface area (TPSA) is 60.0 Å². The van der Waals surface area contributed by atoms with E-state index in [2.05, 4.69) is 5.32 Å². The molecule has 6 nitrogen and oxygen atoms in total. The molecule has 0 aromatic heterocycles. The molecule has 0 bridgehead atoms. The lowest BCUT2D eigenvalue weighted by atomic mass is 10.1. The van der Waals surface area contributed by atoms with Crippen LogP contribution < -0.4 is 24.4 Å². The number of benzene rings is 3. The lowest BCUT2D eigenvalue weighted by Gasteiger charge is -2.14. The van der Waals surface area contributed by atoms with Gasteiger partial charge in [0.25, 0.3) is 5.91 Å². The summed E-state index contributed by atoms with van der Waals surface area (Å²) in [5.41, 5.74) is 1.53. The zero-order chi connectivity index (χ0) is 26.7. The fourth-order valence-electron chi connectivity index (χ4n) is 3.62. The summed E-state index contributed by atoms with van der Waals surface area (Å²) in [7, 11) is 1.37. The highest BCUT2D eigenvalue weighted by Crippen LogP contribution is 2.30. The lowest BCUT2D eigenvalue weighted by Crippen LogP contribution is -2.30. The first-order chi connectivity index (χ1) is 17.7. The SMILES string of the molecule is CCOc1ccc(N2C(=O)/C(=C\c3ccc(OC)c(COc4c(F)c(F)cc(F)c4F)c3)NC2=S)cc1. The van der Waals surface area contributed by atoms with E-state index in [1.165, 1.54) is 24.2 Å². The predicted molar refractivity (Wildman–Crippen MR) is 132 cm³/mol. The van der Waals surface area contributed by atoms with E-state index in [1.807, 2.05) is 6.92 Å². The second-order valence-electron chi connectivity index (χ2n) is 7.71. The van der Waals surface area contributed by atoms with Gasteiger partial charge in [0.2, 0.25) is 11.6 Å². The van der Waals surface area contributed by atoms with Gasteiger partial charge in [-0.05, 0) is 67.2 Å². The molecule has 4 rings (SSSR count). The Morgan fingerprint density at radius 2 is 1.65 bits per heavy atom. The maximum atomic E-state index is 14.0. The predicted octanol–water partition coefficient (Wildman–Crippen LogP) is 5.49. The van der Waals surface area contributed by atoms with E-state index < -0.39 is 41.5 Å². The second kappa shape index (κ2) is 10.9. The van der Waals surface area contributed by atoms with Crippen molar-refractivity contribution in [2.24, 2.45) is 0 Å². The maximum absolute atomic E-state index is 14.0. The van der Waals surface area contributed by atoms with Crippen LogP contribution in [0.1, 0.15) is 18.1 Å². The Morgan fingerprint density at radius 1 is 0.973 bits per heavy atom. The molecular weight excluding hydrogens is 512 g/mol. The Labute approximate surface area is 215 Å². The van der Waals surface area contributed by atoms with Gasteiger partial charge in [-0.15, -0.1) is 0 Å². The Balaban J connectivity index is 1.58. The van der Waals surface area contributed by atoms with Crippen LogP contribution in [-0.4, -0.2) is 24.7 Å². The molecule has 3 aromatic rings. The standard InChI is InChI=1S/C26H20F4N2O4S/c1-3-35-17-7-5-16(6-8-17)32-25(33)20(31-26(32)37)11-14-4-9-21(34-2)15(10-14)13-36-24-22(29)18(27)12-19(28)23(24)30/h4-12H,3,13H2,1-2H3,(H,31,37)/b20-11+. The van der Waals surface area contributed by atoms with Crippen molar-refractivity contribution in [2.45, 2.75) is 13.5 Å². The molecule has 0 atom stereocenters. The summed E-state index contributed by atoms with van der Waals surface area (Å²) in [5.74, 6) is -7.12. The van der Waals surface area contributed by atoms with Crippen LogP contribution in [0.5, 0.6) is 17.2 Å². The van der Waals surface area contributed by atoms with Gasteiger partial charge in [-0.2, -0.15) is 8.78 Å². The van der Waals surface area contributed by atoms with Crippen molar-refractivity contribution in [2.75, 3.05) is 18.6 Å². The number of thiocarbonyl (C=S) groups is 1. The highest BCUT2D eigenvalue weighted by atomic mass is 32.1. The number of carbonyl (C=O) groups is 1. The first kappa shape index (κ1) is 26.0. The Morgan fingerprint density at radius 3 is 2.27 bits per heavy atom. The summed E-state index contributed by atoms with van der Waals surface area (Å²) in [4.78, 5) is 14.4. The number of carbonyl (C=O) groups excluding carboxylic acids is 1. The third kappa shape index (κ3) is 5.36. The molecule has 3 aromatic carbocycles. The minimum absolute atomic E-state index is 0.0948. The number of hydrogen-bond acceptors (Lipinski definition) is 5. The van der Waals surface area contributed by atoms with Gasteiger partial charge in [0.05, 0.1) is 19.4 Å². The molecule has 1 aliphatic heterocycles. The van der Waals surface area contributed by atoms with Crippen molar-refractivity contribution in [1.29, 1.82) is 0 Å². The second-order valence-corrected chi connectivity index (χ2v) is 8.10. The van der Waals surface area contributed by atoms with E-state index in [4.69, 9.17) is 26.4 Å². The van der Waals surface area contributed by atoms with E-state index >= 15 is 0 Å². The van der Waals surface area contributed by atoms with Crippen molar-refractivity contribution >= 4 is 35.0 Å². The monoisotopic (exact) mass is 532 g/mol. The van der Waals surface area contributed by atoms with Gasteiger partial charge in [0.1, 0.15) is 23.8 Å². The smallest absolute Gasteiger partial charge is 0.281 e. The van der Waals surface area contributed by atoms with Gasteiger partial charge in [-0.1, -0.05) is 6.07 Å². The zero-order valence-corrected chi connectivity index (χ0v) is 20.4. The number of hydrogen-bond donors (Lipinski definition) is 1. The van der Waals surface area contributed by atoms with Crippen molar-refractivity contribution < 1.29 is 36.6 Å². The summed E-state index contributed by atoms with van der Waals surface area (Å²) in [6, 6.07) is 11.7. The number of nitrogens with zero attached hydrogens (tertiary/aromatic N) is 1. The average molecular weight is 533 g/mol. The number of methoxy groups -OCH3 is 1. The third-order valence-corrected chi connectivity index (χ3v) is 5.63. The molecule has 1 saturated heterocycles. The molecule has 1 heterocycles. The maximum Gasteiger partial charge on any atom is 0.281 e. The highest BCUT2D eigenvalue weighted by molar-refractivity contribution is 7.80. The fourth-order valence-corrected chi connectivity index (χ4v) is 3.92. The van der Waals surface area contributed by atoms with Crippen LogP contribution in [0.15, 0.2) is 54.2 Å². The van der Waals surface area contributed by atoms with Gasteiger partial charge in [0.15, 0.2) is 22.5 Å². The first-order valence-corrected chi connectivity index (χ1v) is 11.4. The number of anilines is 1. The summed E-state index contributed by atoms with van der Waals surface area (Å²) >= 11 is 5.33. The first-order valence-electron chi connectivity index (χ1n) is 11.0. The van der Waals surface area contributed by atoms with Gasteiger partial charge in [0, 0.05) is 11.6 Å². The molecule has 192 valence electrons. The molecule has 37 heavy (non-hydrogen) atoms. The van der Waals surface area contributed by atoms with E-state index in [1.54, 1.807) is 36.4 Å².